The molecule has 1 aromatic heterocycles. The van der Waals surface area contributed by atoms with E-state index in [0.29, 0.717) is 28.4 Å². The van der Waals surface area contributed by atoms with E-state index in [4.69, 9.17) is 17.3 Å². The van der Waals surface area contributed by atoms with Gasteiger partial charge in [-0.25, -0.2) is 9.97 Å². The van der Waals surface area contributed by atoms with Gasteiger partial charge in [0.05, 0.1) is 0 Å². The average molecular weight is 355 g/mol. The van der Waals surface area contributed by atoms with Crippen LogP contribution >= 0.6 is 35.1 Å². The van der Waals surface area contributed by atoms with Gasteiger partial charge in [-0.2, -0.15) is 0 Å². The normalized spacial score (nSPS) is 10.7. The van der Waals surface area contributed by atoms with Crippen LogP contribution in [0.1, 0.15) is 18.9 Å². The summed E-state index contributed by atoms with van der Waals surface area (Å²) in [6.45, 7) is 2.76. The van der Waals surface area contributed by atoms with Crippen LogP contribution in [0.5, 0.6) is 0 Å². The van der Waals surface area contributed by atoms with Crippen LogP contribution in [0.25, 0.3) is 0 Å². The largest absolute Gasteiger partial charge is 0.393 e. The first-order valence-electron chi connectivity index (χ1n) is 6.96. The Morgan fingerprint density at radius 2 is 1.95 bits per heavy atom. The summed E-state index contributed by atoms with van der Waals surface area (Å²) >= 11 is 9.39. The van der Waals surface area contributed by atoms with Gasteiger partial charge in [-0.05, 0) is 30.4 Å². The number of anilines is 2. The summed E-state index contributed by atoms with van der Waals surface area (Å²) in [5.41, 5.74) is 7.51. The molecule has 0 saturated carbocycles. The van der Waals surface area contributed by atoms with Crippen LogP contribution in [0.2, 0.25) is 5.15 Å². The molecule has 4 nitrogen and oxygen atoms in total. The predicted octanol–water partition coefficient (Wildman–Crippen LogP) is 4.55. The maximum absolute atomic E-state index is 6.09. The predicted molar refractivity (Wildman–Crippen MR) is 98.0 cm³/mol. The molecule has 0 aliphatic heterocycles. The van der Waals surface area contributed by atoms with Crippen LogP contribution in [0.4, 0.5) is 11.5 Å². The molecule has 7 heteroatoms. The molecule has 2 aromatic rings. The Morgan fingerprint density at radius 3 is 2.59 bits per heavy atom. The molecular formula is C15H19ClN4S2. The van der Waals surface area contributed by atoms with E-state index >= 15 is 0 Å². The summed E-state index contributed by atoms with van der Waals surface area (Å²) in [5.74, 6) is 1.54. The number of nitrogens with zero attached hydrogens (tertiary/aromatic N) is 2. The number of nitrogens with two attached hydrogens (primary N) is 1. The van der Waals surface area contributed by atoms with Crippen molar-refractivity contribution in [1.29, 1.82) is 0 Å². The van der Waals surface area contributed by atoms with Gasteiger partial charge in [0.15, 0.2) is 16.1 Å². The van der Waals surface area contributed by atoms with Crippen molar-refractivity contribution in [2.75, 3.05) is 23.1 Å². The lowest BCUT2D eigenvalue weighted by molar-refractivity contribution is 0.953. The molecule has 22 heavy (non-hydrogen) atoms. The van der Waals surface area contributed by atoms with Gasteiger partial charge in [0.2, 0.25) is 0 Å². The molecule has 0 radical (unpaired) electrons. The number of halogens is 1. The Balaban J connectivity index is 2.08. The molecule has 0 fully saturated rings. The summed E-state index contributed by atoms with van der Waals surface area (Å²) in [4.78, 5) is 9.89. The van der Waals surface area contributed by atoms with Gasteiger partial charge in [0.1, 0.15) is 5.69 Å². The van der Waals surface area contributed by atoms with Gasteiger partial charge < -0.3 is 11.1 Å². The Labute approximate surface area is 144 Å². The smallest absolute Gasteiger partial charge is 0.191 e. The van der Waals surface area contributed by atoms with Crippen molar-refractivity contribution in [3.05, 3.63) is 35.0 Å². The first-order valence-corrected chi connectivity index (χ1v) is 9.55. The highest BCUT2D eigenvalue weighted by Crippen LogP contribution is 2.28. The maximum atomic E-state index is 6.09. The van der Waals surface area contributed by atoms with Gasteiger partial charge in [0, 0.05) is 17.2 Å². The number of benzene rings is 1. The lowest BCUT2D eigenvalue weighted by Crippen LogP contribution is -2.07. The Bertz CT molecular complexity index is 620. The number of hydrogen-bond acceptors (Lipinski definition) is 6. The number of nitrogens with one attached hydrogen (secondary N) is 1. The first kappa shape index (κ1) is 17.2. The van der Waals surface area contributed by atoms with E-state index in [0.717, 1.165) is 17.7 Å². The van der Waals surface area contributed by atoms with Crippen molar-refractivity contribution < 1.29 is 0 Å². The average Bonchev–Trinajstić information content (AvgIpc) is 2.55. The highest BCUT2D eigenvalue weighted by molar-refractivity contribution is 7.99. The molecule has 0 aliphatic carbocycles. The first-order chi connectivity index (χ1) is 10.6. The minimum Gasteiger partial charge on any atom is -0.393 e. The standard InChI is InChI=1S/C15H19ClN4S2/c1-3-8-22-15-19-13(16)12(17)14(20-15)18-9-10-4-6-11(21-2)7-5-10/h4-7H,3,8-9,17H2,1-2H3,(H,18,19,20). The van der Waals surface area contributed by atoms with Crippen LogP contribution < -0.4 is 11.1 Å². The van der Waals surface area contributed by atoms with E-state index in [1.54, 1.807) is 23.5 Å². The van der Waals surface area contributed by atoms with E-state index in [1.165, 1.54) is 4.90 Å². The number of rotatable bonds is 7. The van der Waals surface area contributed by atoms with E-state index in [1.807, 2.05) is 0 Å². The summed E-state index contributed by atoms with van der Waals surface area (Å²) in [6, 6.07) is 8.37. The quantitative estimate of drug-likeness (QED) is 0.432. The highest BCUT2D eigenvalue weighted by Gasteiger charge is 2.10. The Morgan fingerprint density at radius 1 is 1.23 bits per heavy atom. The van der Waals surface area contributed by atoms with Crippen LogP contribution in [-0.2, 0) is 6.54 Å². The minimum absolute atomic E-state index is 0.300. The number of aromatic nitrogens is 2. The molecule has 0 aliphatic rings. The fourth-order valence-corrected chi connectivity index (χ4v) is 3.07. The molecule has 1 heterocycles. The van der Waals surface area contributed by atoms with Gasteiger partial charge in [-0.1, -0.05) is 42.4 Å². The fourth-order valence-electron chi connectivity index (χ4n) is 1.74. The molecule has 3 N–H and O–H groups in total. The number of hydrogen-bond donors (Lipinski definition) is 2. The Kier molecular flexibility index (Phi) is 6.67. The molecule has 0 atom stereocenters. The molecule has 0 bridgehead atoms. The summed E-state index contributed by atoms with van der Waals surface area (Å²) in [7, 11) is 0. The zero-order valence-electron chi connectivity index (χ0n) is 12.6. The fraction of sp³-hybridized carbons (Fsp3) is 0.333. The van der Waals surface area contributed by atoms with Crippen molar-refractivity contribution in [2.45, 2.75) is 29.9 Å². The van der Waals surface area contributed by atoms with Crippen LogP contribution in [0.3, 0.4) is 0 Å². The topological polar surface area (TPSA) is 63.8 Å². The van der Waals surface area contributed by atoms with Crippen LogP contribution in [0.15, 0.2) is 34.3 Å². The van der Waals surface area contributed by atoms with E-state index in [9.17, 15) is 0 Å². The molecule has 118 valence electrons. The van der Waals surface area contributed by atoms with Crippen molar-refractivity contribution in [1.82, 2.24) is 9.97 Å². The third kappa shape index (κ3) is 4.69. The SMILES string of the molecule is CCCSc1nc(Cl)c(N)c(NCc2ccc(SC)cc2)n1. The molecule has 0 amide bonds. The van der Waals surface area contributed by atoms with Crippen molar-refractivity contribution in [3.8, 4) is 0 Å². The van der Waals surface area contributed by atoms with E-state index in [-0.39, 0.29) is 0 Å². The summed E-state index contributed by atoms with van der Waals surface area (Å²) < 4.78 is 0. The third-order valence-corrected chi connectivity index (χ3v) is 5.02. The number of thioether (sulfide) groups is 2. The third-order valence-electron chi connectivity index (χ3n) is 2.93. The molecule has 0 spiro atoms. The summed E-state index contributed by atoms with van der Waals surface area (Å²) in [6.07, 6.45) is 3.12. The van der Waals surface area contributed by atoms with Gasteiger partial charge in [0.25, 0.3) is 0 Å². The van der Waals surface area contributed by atoms with E-state index in [2.05, 4.69) is 52.7 Å². The molecule has 1 aromatic carbocycles. The molecule has 2 rings (SSSR count). The van der Waals surface area contributed by atoms with E-state index < -0.39 is 0 Å². The van der Waals surface area contributed by atoms with Crippen molar-refractivity contribution in [2.24, 2.45) is 0 Å². The van der Waals surface area contributed by atoms with Crippen LogP contribution in [-0.4, -0.2) is 22.0 Å². The minimum atomic E-state index is 0.300. The highest BCUT2D eigenvalue weighted by atomic mass is 35.5. The second-order valence-electron chi connectivity index (χ2n) is 4.61. The second kappa shape index (κ2) is 8.50. The van der Waals surface area contributed by atoms with Gasteiger partial charge >= 0.3 is 0 Å². The van der Waals surface area contributed by atoms with Gasteiger partial charge in [-0.15, -0.1) is 11.8 Å². The molecule has 0 unspecified atom stereocenters. The molecule has 0 saturated heterocycles. The lowest BCUT2D eigenvalue weighted by Gasteiger charge is -2.11. The van der Waals surface area contributed by atoms with Gasteiger partial charge in [-0.3, -0.25) is 0 Å². The molecular weight excluding hydrogens is 336 g/mol. The number of nitrogen functional groups attached to an aromatic ring is 1. The van der Waals surface area contributed by atoms with Crippen molar-refractivity contribution >= 4 is 46.6 Å². The monoisotopic (exact) mass is 354 g/mol. The van der Waals surface area contributed by atoms with Crippen molar-refractivity contribution in [3.63, 3.8) is 0 Å². The zero-order valence-corrected chi connectivity index (χ0v) is 15.0. The van der Waals surface area contributed by atoms with Crippen LogP contribution in [0, 0.1) is 0 Å². The lowest BCUT2D eigenvalue weighted by atomic mass is 10.2. The zero-order chi connectivity index (χ0) is 15.9. The Hall–Kier alpha value is -1.11. The summed E-state index contributed by atoms with van der Waals surface area (Å²) in [5, 5.41) is 4.20. The second-order valence-corrected chi connectivity index (χ2v) is 6.91. The maximum Gasteiger partial charge on any atom is 0.191 e.